The van der Waals surface area contributed by atoms with Gasteiger partial charge in [0.15, 0.2) is 0 Å². The fraction of sp³-hybridized carbons (Fsp3) is 0.357. The third-order valence-corrected chi connectivity index (χ3v) is 7.18. The molecule has 1 N–H and O–H groups in total. The van der Waals surface area contributed by atoms with Crippen molar-refractivity contribution in [2.75, 3.05) is 51.3 Å². The van der Waals surface area contributed by atoms with Crippen LogP contribution in [0.2, 0.25) is 5.02 Å². The molecule has 1 aliphatic heterocycles. The second kappa shape index (κ2) is 12.4. The molecule has 0 spiro atoms. The first-order chi connectivity index (χ1) is 19.7. The van der Waals surface area contributed by atoms with Crippen molar-refractivity contribution in [3.05, 3.63) is 82.5 Å². The third kappa shape index (κ3) is 7.32. The number of hydrogen-bond donors (Lipinski definition) is 1. The Labute approximate surface area is 239 Å². The number of hydrogen-bond acceptors (Lipinski definition) is 7. The Morgan fingerprint density at radius 2 is 1.80 bits per heavy atom. The van der Waals surface area contributed by atoms with E-state index in [9.17, 15) is 18.0 Å². The summed E-state index contributed by atoms with van der Waals surface area (Å²) in [5.41, 5.74) is 2.00. The largest absolute Gasteiger partial charge is 0.448 e. The molecule has 0 aromatic carbocycles. The highest BCUT2D eigenvalue weighted by molar-refractivity contribution is 6.31. The molecular weight excluding hydrogens is 559 g/mol. The number of carbonyl (C=O) groups excluding carboxylic acids is 1. The quantitative estimate of drug-likeness (QED) is 0.310. The number of rotatable bonds is 8. The zero-order chi connectivity index (χ0) is 29.0. The number of carbonyl (C=O) groups is 1. The number of nitrogens with zero attached hydrogens (tertiary/aromatic N) is 6. The van der Waals surface area contributed by atoms with Crippen molar-refractivity contribution in [2.45, 2.75) is 19.1 Å². The Bertz CT molecular complexity index is 1470. The monoisotopic (exact) mass is 587 g/mol. The normalized spacial score (nSPS) is 14.9. The van der Waals surface area contributed by atoms with Crippen molar-refractivity contribution in [3.8, 4) is 0 Å². The summed E-state index contributed by atoms with van der Waals surface area (Å²) in [6.07, 6.45) is 1.56. The summed E-state index contributed by atoms with van der Waals surface area (Å²) in [6, 6.07) is 7.56. The molecule has 41 heavy (non-hydrogen) atoms. The number of amides is 1. The van der Waals surface area contributed by atoms with Gasteiger partial charge in [-0.25, -0.2) is 14.8 Å². The second-order valence-electron chi connectivity index (χ2n) is 9.96. The predicted molar refractivity (Wildman–Crippen MR) is 149 cm³/mol. The molecule has 5 heterocycles. The van der Waals surface area contributed by atoms with Crippen molar-refractivity contribution in [3.63, 3.8) is 0 Å². The minimum Gasteiger partial charge on any atom is -0.448 e. The van der Waals surface area contributed by atoms with E-state index < -0.39 is 18.0 Å². The number of anilines is 1. The summed E-state index contributed by atoms with van der Waals surface area (Å²) < 4.78 is 44.6. The van der Waals surface area contributed by atoms with Gasteiger partial charge in [0.2, 0.25) is 0 Å². The van der Waals surface area contributed by atoms with Crippen molar-refractivity contribution < 1.29 is 22.7 Å². The van der Waals surface area contributed by atoms with Crippen molar-refractivity contribution in [2.24, 2.45) is 0 Å². The van der Waals surface area contributed by atoms with Crippen LogP contribution in [0.15, 0.2) is 55.1 Å². The van der Waals surface area contributed by atoms with Crippen LogP contribution in [-0.4, -0.2) is 82.2 Å². The van der Waals surface area contributed by atoms with Gasteiger partial charge in [-0.1, -0.05) is 23.7 Å². The van der Waals surface area contributed by atoms with Crippen LogP contribution in [0.25, 0.3) is 11.0 Å². The van der Waals surface area contributed by atoms with Crippen LogP contribution in [0, 0.1) is 0 Å². The Balaban J connectivity index is 1.30. The molecule has 9 nitrogen and oxygen atoms in total. The first-order valence-corrected chi connectivity index (χ1v) is 13.5. The Hall–Kier alpha value is -3.74. The summed E-state index contributed by atoms with van der Waals surface area (Å²) in [5, 5.41) is 1.44. The average molecular weight is 588 g/mol. The van der Waals surface area contributed by atoms with Crippen LogP contribution >= 0.6 is 11.6 Å². The number of fused-ring (bicyclic) bond motifs is 1. The van der Waals surface area contributed by atoms with E-state index in [1.807, 2.05) is 18.3 Å². The molecular formula is C28H29ClF3N7O2. The smallest absolute Gasteiger partial charge is 0.433 e. The van der Waals surface area contributed by atoms with Crippen LogP contribution in [0.3, 0.4) is 0 Å². The molecule has 216 valence electrons. The van der Waals surface area contributed by atoms with E-state index in [2.05, 4.69) is 36.8 Å². The number of H-pyrrole nitrogens is 1. The number of aromatic nitrogens is 4. The first-order valence-electron chi connectivity index (χ1n) is 13.1. The lowest BCUT2D eigenvalue weighted by molar-refractivity contribution is -0.141. The molecule has 0 aliphatic carbocycles. The molecule has 4 aromatic rings. The van der Waals surface area contributed by atoms with Crippen molar-refractivity contribution in [1.29, 1.82) is 0 Å². The Kier molecular flexibility index (Phi) is 8.71. The number of aromatic amines is 1. The highest BCUT2D eigenvalue weighted by Crippen LogP contribution is 2.28. The van der Waals surface area contributed by atoms with Crippen LogP contribution in [0.5, 0.6) is 0 Å². The first kappa shape index (κ1) is 28.8. The van der Waals surface area contributed by atoms with E-state index in [-0.39, 0.29) is 13.2 Å². The molecule has 0 bridgehead atoms. The Morgan fingerprint density at radius 3 is 2.49 bits per heavy atom. The standard InChI is InChI=1S/C28H29ClF3N7O2/c1-37-6-8-38(9-7-37)10-11-41-27(40)39(18-20-2-4-24(33-15-20)28(30,31)32)25-5-3-19(14-34-25)12-21-16-35-26-23(21)13-22(29)17-36-26/h2-5,13-17H,6-12,18H2,1H3,(H,35,36). The molecule has 0 radical (unpaired) electrons. The molecule has 4 aromatic heterocycles. The van der Waals surface area contributed by atoms with Gasteiger partial charge in [-0.2, -0.15) is 13.2 Å². The minimum atomic E-state index is -4.55. The summed E-state index contributed by atoms with van der Waals surface area (Å²) in [7, 11) is 2.07. The van der Waals surface area contributed by atoms with Crippen LogP contribution < -0.4 is 4.90 Å². The average Bonchev–Trinajstić information content (AvgIpc) is 3.34. The van der Waals surface area contributed by atoms with Crippen LogP contribution in [-0.2, 0) is 23.9 Å². The van der Waals surface area contributed by atoms with Gasteiger partial charge in [-0.3, -0.25) is 14.8 Å². The maximum atomic E-state index is 13.2. The van der Waals surface area contributed by atoms with E-state index in [0.29, 0.717) is 29.4 Å². The zero-order valence-corrected chi connectivity index (χ0v) is 23.1. The SMILES string of the molecule is CN1CCN(CCOC(=O)N(Cc2ccc(C(F)(F)F)nc2)c2ccc(Cc3c[nH]c4ncc(Cl)cc34)cn2)CC1. The molecule has 1 aliphatic rings. The van der Waals surface area contributed by atoms with Gasteiger partial charge in [-0.05, 0) is 41.9 Å². The molecule has 13 heteroatoms. The van der Waals surface area contributed by atoms with E-state index in [4.69, 9.17) is 16.3 Å². The fourth-order valence-corrected chi connectivity index (χ4v) is 4.76. The summed E-state index contributed by atoms with van der Waals surface area (Å²) in [6.45, 7) is 4.37. The maximum absolute atomic E-state index is 13.2. The highest BCUT2D eigenvalue weighted by Gasteiger charge is 2.32. The minimum absolute atomic E-state index is 0.0581. The predicted octanol–water partition coefficient (Wildman–Crippen LogP) is 5.01. The van der Waals surface area contributed by atoms with E-state index in [1.54, 1.807) is 18.5 Å². The number of ether oxygens (including phenoxy) is 1. The fourth-order valence-electron chi connectivity index (χ4n) is 4.60. The van der Waals surface area contributed by atoms with Crippen LogP contribution in [0.1, 0.15) is 22.4 Å². The number of halogens is 4. The lowest BCUT2D eigenvalue weighted by Crippen LogP contribution is -2.45. The van der Waals surface area contributed by atoms with E-state index in [0.717, 1.165) is 60.6 Å². The number of likely N-dealkylation sites (N-methyl/N-ethyl adjacent to an activating group) is 1. The van der Waals surface area contributed by atoms with Gasteiger partial charge < -0.3 is 14.6 Å². The summed E-state index contributed by atoms with van der Waals surface area (Å²) in [5.74, 6) is 0.307. The third-order valence-electron chi connectivity index (χ3n) is 6.97. The highest BCUT2D eigenvalue weighted by atomic mass is 35.5. The zero-order valence-electron chi connectivity index (χ0n) is 22.4. The topological polar surface area (TPSA) is 90.5 Å². The summed E-state index contributed by atoms with van der Waals surface area (Å²) in [4.78, 5) is 34.4. The maximum Gasteiger partial charge on any atom is 0.433 e. The van der Waals surface area contributed by atoms with E-state index in [1.165, 1.54) is 11.0 Å². The van der Waals surface area contributed by atoms with Gasteiger partial charge >= 0.3 is 12.3 Å². The van der Waals surface area contributed by atoms with Gasteiger partial charge in [0, 0.05) is 69.3 Å². The van der Waals surface area contributed by atoms with Gasteiger partial charge in [0.25, 0.3) is 0 Å². The molecule has 0 saturated carbocycles. The van der Waals surface area contributed by atoms with Crippen molar-refractivity contribution >= 4 is 34.5 Å². The Morgan fingerprint density at radius 1 is 1.05 bits per heavy atom. The molecule has 5 rings (SSSR count). The van der Waals surface area contributed by atoms with Gasteiger partial charge in [0.1, 0.15) is 23.8 Å². The van der Waals surface area contributed by atoms with Crippen LogP contribution in [0.4, 0.5) is 23.8 Å². The summed E-state index contributed by atoms with van der Waals surface area (Å²) >= 11 is 6.12. The van der Waals surface area contributed by atoms with Gasteiger partial charge in [0.05, 0.1) is 11.6 Å². The van der Waals surface area contributed by atoms with Gasteiger partial charge in [-0.15, -0.1) is 0 Å². The molecule has 1 saturated heterocycles. The number of alkyl halides is 3. The molecule has 0 unspecified atom stereocenters. The lowest BCUT2D eigenvalue weighted by atomic mass is 10.1. The second-order valence-corrected chi connectivity index (χ2v) is 10.4. The number of piperazine rings is 1. The molecule has 0 atom stereocenters. The molecule has 1 amide bonds. The lowest BCUT2D eigenvalue weighted by Gasteiger charge is -2.32. The molecule has 1 fully saturated rings. The number of pyridine rings is 3. The van der Waals surface area contributed by atoms with Crippen molar-refractivity contribution in [1.82, 2.24) is 29.7 Å². The number of nitrogens with one attached hydrogen (secondary N) is 1. The van der Waals surface area contributed by atoms with E-state index >= 15 is 0 Å².